The van der Waals surface area contributed by atoms with Crippen molar-refractivity contribution in [3.63, 3.8) is 0 Å². The molecule has 0 aromatic carbocycles. The topological polar surface area (TPSA) is 103 Å². The number of aryl methyl sites for hydroxylation is 1. The zero-order chi connectivity index (χ0) is 19.6. The maximum absolute atomic E-state index is 12.5. The molecule has 0 fully saturated rings. The predicted octanol–water partition coefficient (Wildman–Crippen LogP) is 1.63. The first-order chi connectivity index (χ1) is 12.9. The first-order valence-electron chi connectivity index (χ1n) is 8.41. The molecule has 9 nitrogen and oxygen atoms in total. The van der Waals surface area contributed by atoms with E-state index in [4.69, 9.17) is 4.74 Å². The normalized spacial score (nSPS) is 11.6. The van der Waals surface area contributed by atoms with E-state index in [0.717, 1.165) is 17.0 Å². The second-order valence-electron chi connectivity index (χ2n) is 5.93. The van der Waals surface area contributed by atoms with Gasteiger partial charge in [-0.2, -0.15) is 10.2 Å². The van der Waals surface area contributed by atoms with Crippen LogP contribution in [0.2, 0.25) is 0 Å². The van der Waals surface area contributed by atoms with Crippen LogP contribution >= 0.6 is 0 Å². The van der Waals surface area contributed by atoms with Crippen LogP contribution in [0.5, 0.6) is 0 Å². The second-order valence-corrected chi connectivity index (χ2v) is 5.93. The van der Waals surface area contributed by atoms with Gasteiger partial charge in [-0.25, -0.2) is 14.3 Å². The number of esters is 1. The summed E-state index contributed by atoms with van der Waals surface area (Å²) in [4.78, 5) is 28.2. The van der Waals surface area contributed by atoms with Gasteiger partial charge in [0.2, 0.25) is 0 Å². The Labute approximate surface area is 155 Å². The number of fused-ring (bicyclic) bond motifs is 1. The molecule has 0 aliphatic carbocycles. The first-order valence-corrected chi connectivity index (χ1v) is 8.41. The largest absolute Gasteiger partial charge is 0.463 e. The number of carbonyl (C=O) groups is 2. The van der Waals surface area contributed by atoms with Crippen molar-refractivity contribution in [1.82, 2.24) is 29.7 Å². The number of nitrogens with zero attached hydrogens (tertiary/aromatic N) is 5. The van der Waals surface area contributed by atoms with Crippen LogP contribution in [0.4, 0.5) is 0 Å². The first kappa shape index (κ1) is 18.3. The quantitative estimate of drug-likeness (QED) is 0.542. The van der Waals surface area contributed by atoms with Gasteiger partial charge >= 0.3 is 5.97 Å². The zero-order valence-corrected chi connectivity index (χ0v) is 15.6. The molecule has 1 N–H and O–H groups in total. The lowest BCUT2D eigenvalue weighted by molar-refractivity contribution is -0.137. The van der Waals surface area contributed by atoms with Crippen molar-refractivity contribution in [2.45, 2.75) is 20.8 Å². The smallest absolute Gasteiger partial charge is 0.332 e. The maximum Gasteiger partial charge on any atom is 0.332 e. The lowest BCUT2D eigenvalue weighted by Gasteiger charge is -2.04. The van der Waals surface area contributed by atoms with Gasteiger partial charge in [-0.3, -0.25) is 9.48 Å². The molecule has 0 radical (unpaired) electrons. The molecular weight excluding hydrogens is 348 g/mol. The Hall–Kier alpha value is -3.49. The van der Waals surface area contributed by atoms with Gasteiger partial charge in [-0.15, -0.1) is 0 Å². The number of hydrogen-bond donors (Lipinski definition) is 1. The van der Waals surface area contributed by atoms with E-state index >= 15 is 0 Å². The number of aromatic nitrogens is 5. The highest BCUT2D eigenvalue weighted by Crippen LogP contribution is 2.23. The molecule has 9 heteroatoms. The molecule has 27 heavy (non-hydrogen) atoms. The average Bonchev–Trinajstić information content (AvgIpc) is 3.19. The Morgan fingerprint density at radius 3 is 2.81 bits per heavy atom. The van der Waals surface area contributed by atoms with Gasteiger partial charge in [0.05, 0.1) is 18.5 Å². The molecule has 0 saturated carbocycles. The number of ether oxygens (including phenoxy) is 1. The number of rotatable bonds is 5. The zero-order valence-electron chi connectivity index (χ0n) is 15.6. The molecule has 0 spiro atoms. The van der Waals surface area contributed by atoms with Crippen LogP contribution in [0, 0.1) is 6.92 Å². The van der Waals surface area contributed by atoms with Gasteiger partial charge in [-0.05, 0) is 26.8 Å². The molecule has 3 rings (SSSR count). The van der Waals surface area contributed by atoms with E-state index in [2.05, 4.69) is 20.5 Å². The fraction of sp³-hybridized carbons (Fsp3) is 0.278. The Bertz CT molecular complexity index is 1050. The van der Waals surface area contributed by atoms with Crippen molar-refractivity contribution >= 4 is 17.5 Å². The molecule has 0 bridgehead atoms. The van der Waals surface area contributed by atoms with Crippen LogP contribution in [0.3, 0.4) is 0 Å². The Kier molecular flexibility index (Phi) is 5.02. The van der Waals surface area contributed by atoms with Crippen LogP contribution in [0.1, 0.15) is 30.0 Å². The number of hydrogen-bond acceptors (Lipinski definition) is 6. The summed E-state index contributed by atoms with van der Waals surface area (Å²) < 4.78 is 8.19. The van der Waals surface area contributed by atoms with Crippen molar-refractivity contribution in [2.24, 2.45) is 7.05 Å². The minimum Gasteiger partial charge on any atom is -0.463 e. The Morgan fingerprint density at radius 2 is 2.15 bits per heavy atom. The Balaban J connectivity index is 1.91. The van der Waals surface area contributed by atoms with Crippen molar-refractivity contribution < 1.29 is 14.3 Å². The van der Waals surface area contributed by atoms with Crippen LogP contribution in [0.15, 0.2) is 36.3 Å². The summed E-state index contributed by atoms with van der Waals surface area (Å²) >= 11 is 0. The van der Waals surface area contributed by atoms with E-state index in [9.17, 15) is 9.59 Å². The molecule has 0 atom stereocenters. The number of nitrogens with one attached hydrogen (secondary N) is 1. The highest BCUT2D eigenvalue weighted by Gasteiger charge is 2.16. The summed E-state index contributed by atoms with van der Waals surface area (Å²) in [6, 6.07) is 3.40. The molecule has 1 amide bonds. The van der Waals surface area contributed by atoms with E-state index in [0.29, 0.717) is 11.3 Å². The van der Waals surface area contributed by atoms with Gasteiger partial charge in [0, 0.05) is 42.3 Å². The van der Waals surface area contributed by atoms with Crippen molar-refractivity contribution in [3.05, 3.63) is 47.7 Å². The van der Waals surface area contributed by atoms with E-state index < -0.39 is 11.9 Å². The molecule has 140 valence electrons. The molecule has 0 aliphatic heterocycles. The lowest BCUT2D eigenvalue weighted by atomic mass is 10.2. The van der Waals surface area contributed by atoms with Gasteiger partial charge in [0.25, 0.3) is 5.91 Å². The summed E-state index contributed by atoms with van der Waals surface area (Å²) in [6.45, 7) is 5.54. The van der Waals surface area contributed by atoms with Gasteiger partial charge in [0.1, 0.15) is 0 Å². The monoisotopic (exact) mass is 368 g/mol. The van der Waals surface area contributed by atoms with Gasteiger partial charge < -0.3 is 10.1 Å². The van der Waals surface area contributed by atoms with Crippen molar-refractivity contribution in [3.8, 4) is 11.3 Å². The van der Waals surface area contributed by atoms with Crippen molar-refractivity contribution in [1.29, 1.82) is 0 Å². The predicted molar refractivity (Wildman–Crippen MR) is 97.8 cm³/mol. The number of allylic oxidation sites excluding steroid dienone is 1. The fourth-order valence-corrected chi connectivity index (χ4v) is 2.60. The molecule has 3 aromatic rings. The van der Waals surface area contributed by atoms with E-state index in [1.807, 2.05) is 20.0 Å². The van der Waals surface area contributed by atoms with Crippen molar-refractivity contribution in [2.75, 3.05) is 6.61 Å². The van der Waals surface area contributed by atoms with Crippen LogP contribution in [0.25, 0.3) is 16.9 Å². The summed E-state index contributed by atoms with van der Waals surface area (Å²) in [5.74, 6) is -0.950. The van der Waals surface area contributed by atoms with Crippen LogP contribution in [-0.2, 0) is 16.6 Å². The summed E-state index contributed by atoms with van der Waals surface area (Å²) in [5, 5.41) is 11.2. The third kappa shape index (κ3) is 3.71. The molecular formula is C18H20N6O3. The molecule has 0 unspecified atom stereocenters. The third-order valence-corrected chi connectivity index (χ3v) is 4.03. The number of amides is 1. The molecule has 0 aliphatic rings. The minimum atomic E-state index is -0.513. The molecule has 0 saturated heterocycles. The van der Waals surface area contributed by atoms with E-state index in [-0.39, 0.29) is 12.3 Å². The summed E-state index contributed by atoms with van der Waals surface area (Å²) in [5.41, 5.74) is 3.74. The standard InChI is InChI=1S/C18H20N6O3/c1-5-27-17(25)8-11(2)21-18(26)14-9-16-19-7-6-15(24(16)22-14)13-10-20-23(4)12(13)3/h6-10H,5H2,1-4H3,(H,21,26)/b11-8+. The highest BCUT2D eigenvalue weighted by atomic mass is 16.5. The lowest BCUT2D eigenvalue weighted by Crippen LogP contribution is -2.22. The molecule has 3 heterocycles. The highest BCUT2D eigenvalue weighted by molar-refractivity contribution is 5.95. The Morgan fingerprint density at radius 1 is 1.37 bits per heavy atom. The third-order valence-electron chi connectivity index (χ3n) is 4.03. The maximum atomic E-state index is 12.5. The van der Waals surface area contributed by atoms with Crippen LogP contribution < -0.4 is 5.32 Å². The van der Waals surface area contributed by atoms with Crippen LogP contribution in [-0.4, -0.2) is 42.9 Å². The van der Waals surface area contributed by atoms with E-state index in [1.165, 1.54) is 6.08 Å². The average molecular weight is 368 g/mol. The SMILES string of the molecule is CCOC(=O)/C=C(\C)NC(=O)c1cc2nccc(-c3cnn(C)c3C)n2n1. The number of carbonyl (C=O) groups excluding carboxylic acids is 2. The van der Waals surface area contributed by atoms with Gasteiger partial charge in [-0.1, -0.05) is 0 Å². The van der Waals surface area contributed by atoms with E-state index in [1.54, 1.807) is 41.5 Å². The molecule has 3 aromatic heterocycles. The summed E-state index contributed by atoms with van der Waals surface area (Å²) in [6.07, 6.45) is 4.63. The minimum absolute atomic E-state index is 0.188. The summed E-state index contributed by atoms with van der Waals surface area (Å²) in [7, 11) is 1.86. The fourth-order valence-electron chi connectivity index (χ4n) is 2.60. The second kappa shape index (κ2) is 7.40. The van der Waals surface area contributed by atoms with Gasteiger partial charge in [0.15, 0.2) is 11.3 Å².